The van der Waals surface area contributed by atoms with Crippen LogP contribution in [0.15, 0.2) is 4.90 Å². The predicted molar refractivity (Wildman–Crippen MR) is 71.0 cm³/mol. The van der Waals surface area contributed by atoms with E-state index in [0.717, 1.165) is 19.3 Å². The zero-order valence-electron chi connectivity index (χ0n) is 11.5. The van der Waals surface area contributed by atoms with E-state index < -0.39 is 10.0 Å². The third-order valence-corrected chi connectivity index (χ3v) is 6.09. The van der Waals surface area contributed by atoms with E-state index in [1.165, 1.54) is 0 Å². The molecule has 19 heavy (non-hydrogen) atoms. The summed E-state index contributed by atoms with van der Waals surface area (Å²) in [5.74, 6) is 0. The molecule has 1 aliphatic heterocycles. The largest absolute Gasteiger partial charge is 0.390 e. The molecule has 7 heteroatoms. The van der Waals surface area contributed by atoms with E-state index in [9.17, 15) is 13.5 Å². The Labute approximate surface area is 113 Å². The summed E-state index contributed by atoms with van der Waals surface area (Å²) in [5, 5.41) is 15.8. The highest BCUT2D eigenvalue weighted by Crippen LogP contribution is 2.31. The second-order valence-electron chi connectivity index (χ2n) is 5.25. The quantitative estimate of drug-likeness (QED) is 0.873. The summed E-state index contributed by atoms with van der Waals surface area (Å²) in [7, 11) is -3.61. The number of hydrogen-bond donors (Lipinski definition) is 2. The number of aliphatic hydroxyl groups is 1. The number of piperidine rings is 1. The molecule has 1 aromatic rings. The molecule has 1 fully saturated rings. The summed E-state index contributed by atoms with van der Waals surface area (Å²) in [6, 6.07) is -0.0378. The minimum Gasteiger partial charge on any atom is -0.390 e. The number of aryl methyl sites for hydroxylation is 1. The zero-order valence-corrected chi connectivity index (χ0v) is 12.4. The molecule has 1 saturated heterocycles. The van der Waals surface area contributed by atoms with Crippen molar-refractivity contribution in [1.82, 2.24) is 14.5 Å². The lowest BCUT2D eigenvalue weighted by atomic mass is 10.0. The minimum atomic E-state index is -3.61. The highest BCUT2D eigenvalue weighted by molar-refractivity contribution is 7.89. The molecular formula is C12H21N3O3S. The molecule has 0 radical (unpaired) electrons. The number of aromatic amines is 1. The molecule has 1 aliphatic rings. The molecule has 0 aliphatic carbocycles. The third kappa shape index (κ3) is 2.42. The van der Waals surface area contributed by atoms with E-state index >= 15 is 0 Å². The maximum atomic E-state index is 12.8. The van der Waals surface area contributed by atoms with Crippen LogP contribution in [0.4, 0.5) is 0 Å². The van der Waals surface area contributed by atoms with E-state index in [1.54, 1.807) is 11.2 Å². The van der Waals surface area contributed by atoms with Gasteiger partial charge >= 0.3 is 0 Å². The van der Waals surface area contributed by atoms with Crippen molar-refractivity contribution in [3.05, 3.63) is 11.4 Å². The smallest absolute Gasteiger partial charge is 0.247 e. The summed E-state index contributed by atoms with van der Waals surface area (Å²) in [6.07, 6.45) is 2.79. The van der Waals surface area contributed by atoms with E-state index in [-0.39, 0.29) is 29.3 Å². The Morgan fingerprint density at radius 3 is 2.47 bits per heavy atom. The van der Waals surface area contributed by atoms with Gasteiger partial charge in [0.1, 0.15) is 10.6 Å². The summed E-state index contributed by atoms with van der Waals surface area (Å²) in [5.41, 5.74) is 0.677. The molecule has 2 unspecified atom stereocenters. The number of hydrogen-bond acceptors (Lipinski definition) is 4. The van der Waals surface area contributed by atoms with Crippen molar-refractivity contribution >= 4 is 10.0 Å². The molecule has 0 bridgehead atoms. The van der Waals surface area contributed by atoms with Gasteiger partial charge in [-0.05, 0) is 33.6 Å². The Morgan fingerprint density at radius 1 is 1.37 bits per heavy atom. The Hall–Kier alpha value is -0.920. The number of rotatable bonds is 3. The summed E-state index contributed by atoms with van der Waals surface area (Å²) >= 11 is 0. The monoisotopic (exact) mass is 287 g/mol. The number of aromatic nitrogens is 2. The van der Waals surface area contributed by atoms with Gasteiger partial charge in [-0.3, -0.25) is 5.10 Å². The van der Waals surface area contributed by atoms with Crippen molar-refractivity contribution in [2.45, 2.75) is 63.6 Å². The SMILES string of the molecule is Cc1[nH]nc(CO)c1S(=O)(=O)N1C(C)CCCC1C. The highest BCUT2D eigenvalue weighted by Gasteiger charge is 2.38. The molecule has 108 valence electrons. The van der Waals surface area contributed by atoms with Crippen LogP contribution >= 0.6 is 0 Å². The Balaban J connectivity index is 2.49. The summed E-state index contributed by atoms with van der Waals surface area (Å²) < 4.78 is 27.2. The molecule has 2 N–H and O–H groups in total. The lowest BCUT2D eigenvalue weighted by Gasteiger charge is -2.37. The molecule has 2 rings (SSSR count). The van der Waals surface area contributed by atoms with Crippen LogP contribution in [0.25, 0.3) is 0 Å². The highest BCUT2D eigenvalue weighted by atomic mass is 32.2. The first-order valence-electron chi connectivity index (χ1n) is 6.57. The second-order valence-corrected chi connectivity index (χ2v) is 7.03. The van der Waals surface area contributed by atoms with Gasteiger partial charge in [0.05, 0.1) is 12.3 Å². The Kier molecular flexibility index (Phi) is 3.98. The van der Waals surface area contributed by atoms with Crippen LogP contribution in [0.3, 0.4) is 0 Å². The minimum absolute atomic E-state index is 0.0189. The molecule has 0 spiro atoms. The first kappa shape index (κ1) is 14.5. The number of H-pyrrole nitrogens is 1. The fourth-order valence-electron chi connectivity index (χ4n) is 2.90. The number of aliphatic hydroxyl groups excluding tert-OH is 1. The van der Waals surface area contributed by atoms with Crippen molar-refractivity contribution in [1.29, 1.82) is 0 Å². The van der Waals surface area contributed by atoms with Crippen molar-refractivity contribution in [3.63, 3.8) is 0 Å². The van der Waals surface area contributed by atoms with Crippen molar-refractivity contribution < 1.29 is 13.5 Å². The van der Waals surface area contributed by atoms with Crippen LogP contribution < -0.4 is 0 Å². The fourth-order valence-corrected chi connectivity index (χ4v) is 5.11. The molecule has 1 aromatic heterocycles. The first-order chi connectivity index (χ1) is 8.89. The lowest BCUT2D eigenvalue weighted by molar-refractivity contribution is 0.203. The van der Waals surface area contributed by atoms with Crippen LogP contribution in [0.1, 0.15) is 44.5 Å². The number of nitrogens with zero attached hydrogens (tertiary/aromatic N) is 2. The van der Waals surface area contributed by atoms with Crippen LogP contribution in [0.5, 0.6) is 0 Å². The normalized spacial score (nSPS) is 25.7. The van der Waals surface area contributed by atoms with Gasteiger partial charge < -0.3 is 5.11 Å². The van der Waals surface area contributed by atoms with Crippen molar-refractivity contribution in [2.75, 3.05) is 0 Å². The Bertz CT molecular complexity index is 543. The van der Waals surface area contributed by atoms with Gasteiger partial charge in [0, 0.05) is 12.1 Å². The average molecular weight is 287 g/mol. The maximum absolute atomic E-state index is 12.8. The predicted octanol–water partition coefficient (Wildman–Crippen LogP) is 1.16. The van der Waals surface area contributed by atoms with Gasteiger partial charge in [-0.2, -0.15) is 9.40 Å². The van der Waals surface area contributed by atoms with Crippen LogP contribution in [0, 0.1) is 6.92 Å². The molecule has 0 saturated carbocycles. The van der Waals surface area contributed by atoms with Gasteiger partial charge in [0.15, 0.2) is 0 Å². The van der Waals surface area contributed by atoms with Crippen molar-refractivity contribution in [2.24, 2.45) is 0 Å². The zero-order chi connectivity index (χ0) is 14.2. The lowest BCUT2D eigenvalue weighted by Crippen LogP contribution is -2.47. The van der Waals surface area contributed by atoms with E-state index in [1.807, 2.05) is 13.8 Å². The van der Waals surface area contributed by atoms with Gasteiger partial charge in [0.2, 0.25) is 10.0 Å². The van der Waals surface area contributed by atoms with E-state index in [2.05, 4.69) is 10.2 Å². The van der Waals surface area contributed by atoms with Gasteiger partial charge in [-0.1, -0.05) is 6.42 Å². The fraction of sp³-hybridized carbons (Fsp3) is 0.750. The molecule has 2 heterocycles. The van der Waals surface area contributed by atoms with Gasteiger partial charge in [-0.15, -0.1) is 0 Å². The molecule has 0 aromatic carbocycles. The molecule has 2 atom stereocenters. The molecule has 0 amide bonds. The van der Waals surface area contributed by atoms with Gasteiger partial charge in [0.25, 0.3) is 0 Å². The van der Waals surface area contributed by atoms with Gasteiger partial charge in [-0.25, -0.2) is 8.42 Å². The topological polar surface area (TPSA) is 86.3 Å². The van der Waals surface area contributed by atoms with Crippen LogP contribution in [-0.2, 0) is 16.6 Å². The Morgan fingerprint density at radius 2 is 1.95 bits per heavy atom. The van der Waals surface area contributed by atoms with Crippen molar-refractivity contribution in [3.8, 4) is 0 Å². The number of sulfonamides is 1. The first-order valence-corrected chi connectivity index (χ1v) is 8.01. The molecule has 6 nitrogen and oxygen atoms in total. The van der Waals surface area contributed by atoms with E-state index in [0.29, 0.717) is 5.69 Å². The second kappa shape index (κ2) is 5.22. The average Bonchev–Trinajstić information content (AvgIpc) is 2.70. The summed E-state index contributed by atoms with van der Waals surface area (Å²) in [6.45, 7) is 5.15. The van der Waals surface area contributed by atoms with E-state index in [4.69, 9.17) is 0 Å². The van der Waals surface area contributed by atoms with Crippen LogP contribution in [0.2, 0.25) is 0 Å². The maximum Gasteiger partial charge on any atom is 0.247 e. The standard InChI is InChI=1S/C12H21N3O3S/c1-8-5-4-6-9(2)15(8)19(17,18)12-10(3)13-14-11(12)7-16/h8-9,16H,4-7H2,1-3H3,(H,13,14). The third-order valence-electron chi connectivity index (χ3n) is 3.76. The summed E-state index contributed by atoms with van der Waals surface area (Å²) in [4.78, 5) is 0.135. The van der Waals surface area contributed by atoms with Crippen LogP contribution in [-0.4, -0.2) is 40.1 Å². The molecular weight excluding hydrogens is 266 g/mol. The number of nitrogens with one attached hydrogen (secondary N) is 1.